The summed E-state index contributed by atoms with van der Waals surface area (Å²) in [5.74, 6) is -1.12. The van der Waals surface area contributed by atoms with Gasteiger partial charge in [0.1, 0.15) is 11.1 Å². The van der Waals surface area contributed by atoms with Gasteiger partial charge in [-0.05, 0) is 50.8 Å². The Labute approximate surface area is 161 Å². The van der Waals surface area contributed by atoms with E-state index in [1.165, 1.54) is 7.11 Å². The fourth-order valence-corrected chi connectivity index (χ4v) is 3.80. The maximum Gasteiger partial charge on any atom is 0.410 e. The summed E-state index contributed by atoms with van der Waals surface area (Å²) in [7, 11) is 1.34. The zero-order valence-corrected chi connectivity index (χ0v) is 16.4. The molecule has 0 spiro atoms. The van der Waals surface area contributed by atoms with Gasteiger partial charge in [0.25, 0.3) is 0 Å². The van der Waals surface area contributed by atoms with E-state index in [-0.39, 0.29) is 29.5 Å². The van der Waals surface area contributed by atoms with Gasteiger partial charge in [0.05, 0.1) is 24.6 Å². The Balaban J connectivity index is 1.55. The topological polar surface area (TPSA) is 86.5 Å². The van der Waals surface area contributed by atoms with E-state index in [1.807, 2.05) is 26.8 Å². The van der Waals surface area contributed by atoms with Crippen LogP contribution in [-0.2, 0) is 27.1 Å². The highest BCUT2D eigenvalue weighted by atomic mass is 19.1. The number of amides is 1. The van der Waals surface area contributed by atoms with Crippen LogP contribution in [0.4, 0.5) is 9.18 Å². The third kappa shape index (κ3) is 3.08. The highest BCUT2D eigenvalue weighted by Gasteiger charge is 2.38. The highest BCUT2D eigenvalue weighted by Crippen LogP contribution is 2.35. The molecular formula is C19H23FN4O4. The molecule has 1 aliphatic carbocycles. The van der Waals surface area contributed by atoms with E-state index in [9.17, 15) is 14.0 Å². The van der Waals surface area contributed by atoms with Crippen LogP contribution >= 0.6 is 0 Å². The number of likely N-dealkylation sites (tertiary alicyclic amines) is 1. The summed E-state index contributed by atoms with van der Waals surface area (Å²) < 4.78 is 26.8. The van der Waals surface area contributed by atoms with E-state index in [1.54, 1.807) is 9.58 Å². The van der Waals surface area contributed by atoms with Gasteiger partial charge >= 0.3 is 12.1 Å². The smallest absolute Gasteiger partial charge is 0.410 e. The zero-order valence-electron chi connectivity index (χ0n) is 16.4. The van der Waals surface area contributed by atoms with Gasteiger partial charge in [0.15, 0.2) is 5.82 Å². The van der Waals surface area contributed by atoms with E-state index in [0.29, 0.717) is 37.0 Å². The van der Waals surface area contributed by atoms with E-state index in [4.69, 9.17) is 9.47 Å². The molecule has 8 nitrogen and oxygen atoms in total. The quantitative estimate of drug-likeness (QED) is 0.731. The van der Waals surface area contributed by atoms with Crippen molar-refractivity contribution in [3.63, 3.8) is 0 Å². The first-order valence-corrected chi connectivity index (χ1v) is 9.29. The molecule has 150 valence electrons. The summed E-state index contributed by atoms with van der Waals surface area (Å²) in [6.45, 7) is 6.31. The molecule has 1 aliphatic heterocycles. The Kier molecular flexibility index (Phi) is 4.28. The third-order valence-corrected chi connectivity index (χ3v) is 5.21. The van der Waals surface area contributed by atoms with Crippen molar-refractivity contribution in [1.82, 2.24) is 19.9 Å². The van der Waals surface area contributed by atoms with Crippen molar-refractivity contribution in [1.29, 1.82) is 0 Å². The Morgan fingerprint density at radius 3 is 2.61 bits per heavy atom. The Morgan fingerprint density at radius 2 is 1.96 bits per heavy atom. The number of nitrogens with zero attached hydrogens (tertiary/aromatic N) is 4. The van der Waals surface area contributed by atoms with Crippen LogP contribution in [-0.4, -0.2) is 57.8 Å². The molecule has 4 rings (SSSR count). The van der Waals surface area contributed by atoms with E-state index >= 15 is 0 Å². The summed E-state index contributed by atoms with van der Waals surface area (Å²) in [5.41, 5.74) is 1.52. The molecule has 1 atom stereocenters. The molecule has 1 aromatic heterocycles. The van der Waals surface area contributed by atoms with E-state index < -0.39 is 11.4 Å². The summed E-state index contributed by atoms with van der Waals surface area (Å²) in [6, 6.07) is 1.76. The fraction of sp³-hybridized carbons (Fsp3) is 0.579. The summed E-state index contributed by atoms with van der Waals surface area (Å²) in [4.78, 5) is 25.5. The zero-order chi connectivity index (χ0) is 20.2. The molecular weight excluding hydrogens is 367 g/mol. The number of aromatic nitrogens is 3. The fourth-order valence-electron chi connectivity index (χ4n) is 3.80. The van der Waals surface area contributed by atoms with Gasteiger partial charge in [-0.1, -0.05) is 5.21 Å². The number of carbonyl (C=O) groups excluding carboxylic acids is 2. The van der Waals surface area contributed by atoms with Gasteiger partial charge in [-0.2, -0.15) is 0 Å². The summed E-state index contributed by atoms with van der Waals surface area (Å²) >= 11 is 0. The lowest BCUT2D eigenvalue weighted by atomic mass is 10.1. The van der Waals surface area contributed by atoms with Crippen LogP contribution in [0, 0.1) is 11.7 Å². The lowest BCUT2D eigenvalue weighted by Gasteiger charge is -2.39. The SMILES string of the molecule is COC(=O)C1Cc2cc3c(nnn3C3CN(C(=O)OC(C)(C)C)C3)c(F)c2C1. The predicted octanol–water partition coefficient (Wildman–Crippen LogP) is 2.25. The lowest BCUT2D eigenvalue weighted by Crippen LogP contribution is -2.52. The van der Waals surface area contributed by atoms with Gasteiger partial charge in [0.2, 0.25) is 0 Å². The molecule has 9 heteroatoms. The molecule has 1 saturated heterocycles. The third-order valence-electron chi connectivity index (χ3n) is 5.21. The van der Waals surface area contributed by atoms with Crippen molar-refractivity contribution in [3.05, 3.63) is 23.0 Å². The monoisotopic (exact) mass is 390 g/mol. The van der Waals surface area contributed by atoms with E-state index in [0.717, 1.165) is 5.56 Å². The number of rotatable bonds is 2. The summed E-state index contributed by atoms with van der Waals surface area (Å²) in [5, 5.41) is 8.12. The first kappa shape index (κ1) is 18.6. The van der Waals surface area contributed by atoms with Crippen molar-refractivity contribution >= 4 is 23.1 Å². The van der Waals surface area contributed by atoms with E-state index in [2.05, 4.69) is 10.3 Å². The Morgan fingerprint density at radius 1 is 1.25 bits per heavy atom. The molecule has 0 saturated carbocycles. The number of ether oxygens (including phenoxy) is 2. The number of benzene rings is 1. The maximum atomic E-state index is 14.9. The molecule has 0 N–H and O–H groups in total. The number of carbonyl (C=O) groups is 2. The molecule has 2 heterocycles. The average Bonchev–Trinajstić information content (AvgIpc) is 3.16. The van der Waals surface area contributed by atoms with Gasteiger partial charge in [-0.15, -0.1) is 5.10 Å². The van der Waals surface area contributed by atoms with Gasteiger partial charge in [-0.3, -0.25) is 4.79 Å². The molecule has 1 unspecified atom stereocenters. The van der Waals surface area contributed by atoms with Gasteiger partial charge in [0, 0.05) is 13.1 Å². The molecule has 0 bridgehead atoms. The number of halogens is 1. The normalized spacial score (nSPS) is 19.5. The number of methoxy groups -OCH3 is 1. The van der Waals surface area contributed by atoms with Crippen LogP contribution in [0.5, 0.6) is 0 Å². The molecule has 1 fully saturated rings. The van der Waals surface area contributed by atoms with Crippen LogP contribution in [0.15, 0.2) is 6.07 Å². The molecule has 0 radical (unpaired) electrons. The first-order valence-electron chi connectivity index (χ1n) is 9.29. The molecule has 1 amide bonds. The van der Waals surface area contributed by atoms with Gasteiger partial charge < -0.3 is 14.4 Å². The van der Waals surface area contributed by atoms with Crippen LogP contribution in [0.1, 0.15) is 37.9 Å². The molecule has 28 heavy (non-hydrogen) atoms. The van der Waals surface area contributed by atoms with Crippen molar-refractivity contribution < 1.29 is 23.5 Å². The molecule has 2 aliphatic rings. The molecule has 2 aromatic rings. The number of esters is 1. The van der Waals surface area contributed by atoms with Crippen LogP contribution in [0.25, 0.3) is 11.0 Å². The Bertz CT molecular complexity index is 959. The van der Waals surface area contributed by atoms with Crippen LogP contribution < -0.4 is 0 Å². The second-order valence-electron chi connectivity index (χ2n) is 8.40. The van der Waals surface area contributed by atoms with Crippen molar-refractivity contribution in [3.8, 4) is 0 Å². The van der Waals surface area contributed by atoms with Gasteiger partial charge in [-0.25, -0.2) is 13.9 Å². The minimum Gasteiger partial charge on any atom is -0.469 e. The van der Waals surface area contributed by atoms with Crippen molar-refractivity contribution in [2.45, 2.75) is 45.3 Å². The highest BCUT2D eigenvalue weighted by molar-refractivity contribution is 5.81. The number of hydrogen-bond donors (Lipinski definition) is 0. The first-order chi connectivity index (χ1) is 13.2. The second-order valence-corrected chi connectivity index (χ2v) is 8.40. The average molecular weight is 390 g/mol. The second kappa shape index (κ2) is 6.42. The largest absolute Gasteiger partial charge is 0.469 e. The lowest BCUT2D eigenvalue weighted by molar-refractivity contribution is -0.145. The van der Waals surface area contributed by atoms with Crippen molar-refractivity contribution in [2.75, 3.05) is 20.2 Å². The minimum absolute atomic E-state index is 0.0900. The number of fused-ring (bicyclic) bond motifs is 2. The summed E-state index contributed by atoms with van der Waals surface area (Å²) in [6.07, 6.45) is 0.377. The van der Waals surface area contributed by atoms with Crippen LogP contribution in [0.3, 0.4) is 0 Å². The maximum absolute atomic E-state index is 14.9. The van der Waals surface area contributed by atoms with Crippen LogP contribution in [0.2, 0.25) is 0 Å². The molecule has 1 aromatic carbocycles. The number of hydrogen-bond acceptors (Lipinski definition) is 6. The minimum atomic E-state index is -0.554. The standard InChI is InChI=1S/C19H23FN4O4/c1-19(2,3)28-18(26)23-8-12(9-23)24-14-7-10-5-11(17(25)27-4)6-13(10)15(20)16(14)21-22-24/h7,11-12H,5-6,8-9H2,1-4H3. The van der Waals surface area contributed by atoms with Crippen molar-refractivity contribution in [2.24, 2.45) is 5.92 Å². The predicted molar refractivity (Wildman–Crippen MR) is 97.2 cm³/mol. The Hall–Kier alpha value is -2.71.